The smallest absolute Gasteiger partial charge is 0.225 e. The van der Waals surface area contributed by atoms with Gasteiger partial charge in [-0.1, -0.05) is 17.3 Å². The van der Waals surface area contributed by atoms with Gasteiger partial charge < -0.3 is 15.5 Å². The first-order chi connectivity index (χ1) is 16.0. The third-order valence-electron chi connectivity index (χ3n) is 6.59. The van der Waals surface area contributed by atoms with E-state index in [-0.39, 0.29) is 29.5 Å². The molecule has 2 aliphatic heterocycles. The summed E-state index contributed by atoms with van der Waals surface area (Å²) in [7, 11) is 1.52. The number of hydrogen-bond acceptors (Lipinski definition) is 7. The highest BCUT2D eigenvalue weighted by molar-refractivity contribution is 6.02. The predicted molar refractivity (Wildman–Crippen MR) is 124 cm³/mol. The zero-order valence-electron chi connectivity index (χ0n) is 19.0. The van der Waals surface area contributed by atoms with E-state index >= 15 is 0 Å². The van der Waals surface area contributed by atoms with Gasteiger partial charge in [0, 0.05) is 49.4 Å². The van der Waals surface area contributed by atoms with Crippen molar-refractivity contribution in [2.75, 3.05) is 39.0 Å². The maximum Gasteiger partial charge on any atom is 0.225 e. The molecule has 1 aromatic heterocycles. The first kappa shape index (κ1) is 23.1. The lowest BCUT2D eigenvalue weighted by atomic mass is 9.87. The van der Waals surface area contributed by atoms with Crippen molar-refractivity contribution < 1.29 is 14.0 Å². The monoisotopic (exact) mass is 454 g/mol. The zero-order chi connectivity index (χ0) is 23.2. The van der Waals surface area contributed by atoms with Crippen LogP contribution in [0.1, 0.15) is 36.8 Å². The lowest BCUT2D eigenvalue weighted by molar-refractivity contribution is -0.138. The molecule has 0 spiro atoms. The highest BCUT2D eigenvalue weighted by atomic mass is 19.1. The van der Waals surface area contributed by atoms with E-state index in [1.165, 1.54) is 19.2 Å². The fourth-order valence-corrected chi connectivity index (χ4v) is 4.76. The molecule has 33 heavy (non-hydrogen) atoms. The van der Waals surface area contributed by atoms with Gasteiger partial charge in [-0.15, -0.1) is 0 Å². The first-order valence-electron chi connectivity index (χ1n) is 11.5. The summed E-state index contributed by atoms with van der Waals surface area (Å²) < 4.78 is 13.3. The molecular formula is C24H31FN6O2. The SMILES string of the molecule is CON=C(c1ccc(F)cc1)C1CCN(C(=O)C2CCN(Cc3cnc(N)nc3)CC2)CC1. The largest absolute Gasteiger partial charge is 0.399 e. The molecule has 8 nitrogen and oxygen atoms in total. The Morgan fingerprint density at radius 1 is 1.06 bits per heavy atom. The summed E-state index contributed by atoms with van der Waals surface area (Å²) in [6, 6.07) is 6.33. The highest BCUT2D eigenvalue weighted by Gasteiger charge is 2.32. The number of piperidine rings is 2. The first-order valence-corrected chi connectivity index (χ1v) is 11.5. The molecule has 4 rings (SSSR count). The Kier molecular flexibility index (Phi) is 7.49. The van der Waals surface area contributed by atoms with Crippen LogP contribution in [0.3, 0.4) is 0 Å². The highest BCUT2D eigenvalue weighted by Crippen LogP contribution is 2.27. The topological polar surface area (TPSA) is 96.9 Å². The lowest BCUT2D eigenvalue weighted by Crippen LogP contribution is -2.46. The van der Waals surface area contributed by atoms with Crippen molar-refractivity contribution in [2.45, 2.75) is 32.2 Å². The minimum atomic E-state index is -0.274. The quantitative estimate of drug-likeness (QED) is 0.533. The maximum absolute atomic E-state index is 13.3. The van der Waals surface area contributed by atoms with Gasteiger partial charge in [-0.05, 0) is 56.5 Å². The molecule has 2 aliphatic rings. The number of rotatable bonds is 6. The molecule has 0 saturated carbocycles. The average Bonchev–Trinajstić information content (AvgIpc) is 2.85. The van der Waals surface area contributed by atoms with Gasteiger partial charge in [0.25, 0.3) is 0 Å². The Balaban J connectivity index is 1.27. The number of amides is 1. The number of nitrogens with two attached hydrogens (primary N) is 1. The third-order valence-corrected chi connectivity index (χ3v) is 6.59. The van der Waals surface area contributed by atoms with Crippen LogP contribution in [0.25, 0.3) is 0 Å². The molecule has 9 heteroatoms. The van der Waals surface area contributed by atoms with Gasteiger partial charge in [-0.3, -0.25) is 9.69 Å². The van der Waals surface area contributed by atoms with Crippen LogP contribution in [-0.2, 0) is 16.2 Å². The number of benzene rings is 1. The minimum Gasteiger partial charge on any atom is -0.399 e. The number of aromatic nitrogens is 2. The zero-order valence-corrected chi connectivity index (χ0v) is 19.0. The molecule has 176 valence electrons. The predicted octanol–water partition coefficient (Wildman–Crippen LogP) is 2.70. The molecule has 0 atom stereocenters. The number of halogens is 1. The minimum absolute atomic E-state index is 0.0738. The van der Waals surface area contributed by atoms with Crippen LogP contribution < -0.4 is 5.73 Å². The number of hydrogen-bond donors (Lipinski definition) is 1. The van der Waals surface area contributed by atoms with Gasteiger partial charge in [0.15, 0.2) is 0 Å². The van der Waals surface area contributed by atoms with Crippen LogP contribution in [0.5, 0.6) is 0 Å². The average molecular weight is 455 g/mol. The summed E-state index contributed by atoms with van der Waals surface area (Å²) in [4.78, 5) is 30.6. The third kappa shape index (κ3) is 5.84. The van der Waals surface area contributed by atoms with Gasteiger partial charge in [-0.25, -0.2) is 14.4 Å². The number of oxime groups is 1. The van der Waals surface area contributed by atoms with Crippen molar-refractivity contribution in [2.24, 2.45) is 17.0 Å². The second-order valence-electron chi connectivity index (χ2n) is 8.77. The summed E-state index contributed by atoms with van der Waals surface area (Å²) in [6.45, 7) is 3.95. The summed E-state index contributed by atoms with van der Waals surface area (Å²) in [6.07, 6.45) is 6.89. The van der Waals surface area contributed by atoms with Gasteiger partial charge >= 0.3 is 0 Å². The fraction of sp³-hybridized carbons (Fsp3) is 0.500. The van der Waals surface area contributed by atoms with Crippen LogP contribution in [0.2, 0.25) is 0 Å². The van der Waals surface area contributed by atoms with Gasteiger partial charge in [-0.2, -0.15) is 0 Å². The van der Waals surface area contributed by atoms with Crippen molar-refractivity contribution in [3.63, 3.8) is 0 Å². The Bertz CT molecular complexity index is 950. The number of nitrogens with zero attached hydrogens (tertiary/aromatic N) is 5. The van der Waals surface area contributed by atoms with E-state index in [9.17, 15) is 9.18 Å². The van der Waals surface area contributed by atoms with Crippen LogP contribution in [0.15, 0.2) is 41.8 Å². The molecule has 2 aromatic rings. The molecule has 0 bridgehead atoms. The molecule has 0 radical (unpaired) electrons. The van der Waals surface area contributed by atoms with E-state index in [0.717, 1.165) is 62.2 Å². The van der Waals surface area contributed by atoms with Crippen LogP contribution >= 0.6 is 0 Å². The normalized spacial score (nSPS) is 19.0. The standard InChI is InChI=1S/C24H31FN6O2/c1-33-29-22(18-2-4-21(25)5-3-18)19-8-12-31(13-9-19)23(32)20-6-10-30(11-7-20)16-17-14-27-24(26)28-15-17/h2-5,14-15,19-20H,6-13,16H2,1H3,(H2,26,27,28). The van der Waals surface area contributed by atoms with Crippen molar-refractivity contribution in [1.82, 2.24) is 19.8 Å². The molecule has 2 saturated heterocycles. The molecule has 2 fully saturated rings. The van der Waals surface area contributed by atoms with Gasteiger partial charge in [0.1, 0.15) is 12.9 Å². The second-order valence-corrected chi connectivity index (χ2v) is 8.77. The van der Waals surface area contributed by atoms with E-state index in [1.54, 1.807) is 24.5 Å². The Morgan fingerprint density at radius 3 is 2.27 bits per heavy atom. The molecule has 1 aromatic carbocycles. The maximum atomic E-state index is 13.3. The van der Waals surface area contributed by atoms with E-state index < -0.39 is 0 Å². The summed E-state index contributed by atoms with van der Waals surface area (Å²) in [5, 5.41) is 4.22. The summed E-state index contributed by atoms with van der Waals surface area (Å²) in [5.41, 5.74) is 8.27. The number of carbonyl (C=O) groups excluding carboxylic acids is 1. The van der Waals surface area contributed by atoms with Gasteiger partial charge in [0.2, 0.25) is 11.9 Å². The number of likely N-dealkylation sites (tertiary alicyclic amines) is 2. The molecule has 0 unspecified atom stereocenters. The number of nitrogen functional groups attached to an aromatic ring is 1. The van der Waals surface area contributed by atoms with Gasteiger partial charge in [0.05, 0.1) is 5.71 Å². The van der Waals surface area contributed by atoms with Crippen molar-refractivity contribution in [1.29, 1.82) is 0 Å². The van der Waals surface area contributed by atoms with E-state index in [4.69, 9.17) is 10.6 Å². The Hall–Kier alpha value is -3.07. The van der Waals surface area contributed by atoms with Crippen molar-refractivity contribution in [3.05, 3.63) is 53.6 Å². The summed E-state index contributed by atoms with van der Waals surface area (Å²) >= 11 is 0. The van der Waals surface area contributed by atoms with E-state index in [0.29, 0.717) is 13.1 Å². The van der Waals surface area contributed by atoms with Crippen LogP contribution in [-0.4, -0.2) is 64.7 Å². The Labute approximate surface area is 193 Å². The van der Waals surface area contributed by atoms with Crippen molar-refractivity contribution >= 4 is 17.6 Å². The second kappa shape index (κ2) is 10.7. The number of anilines is 1. The number of carbonyl (C=O) groups is 1. The molecule has 1 amide bonds. The Morgan fingerprint density at radius 2 is 1.67 bits per heavy atom. The van der Waals surface area contributed by atoms with Crippen LogP contribution in [0, 0.1) is 17.7 Å². The van der Waals surface area contributed by atoms with Crippen molar-refractivity contribution in [3.8, 4) is 0 Å². The fourth-order valence-electron chi connectivity index (χ4n) is 4.76. The summed E-state index contributed by atoms with van der Waals surface area (Å²) in [5.74, 6) is 0.526. The molecule has 0 aliphatic carbocycles. The van der Waals surface area contributed by atoms with E-state index in [2.05, 4.69) is 20.0 Å². The molecular weight excluding hydrogens is 423 g/mol. The lowest BCUT2D eigenvalue weighted by Gasteiger charge is -2.37. The van der Waals surface area contributed by atoms with Crippen LogP contribution in [0.4, 0.5) is 10.3 Å². The molecule has 3 heterocycles. The molecule has 2 N–H and O–H groups in total. The van der Waals surface area contributed by atoms with E-state index in [1.807, 2.05) is 4.90 Å².